The van der Waals surface area contributed by atoms with Crippen LogP contribution in [-0.2, 0) is 40.1 Å². The van der Waals surface area contributed by atoms with Gasteiger partial charge in [0.2, 0.25) is 0 Å². The van der Waals surface area contributed by atoms with Crippen LogP contribution >= 0.6 is 0 Å². The van der Waals surface area contributed by atoms with Crippen LogP contribution in [0.25, 0.3) is 11.3 Å². The molecule has 0 amide bonds. The zero-order valence-corrected chi connectivity index (χ0v) is 27.1. The number of likely N-dealkylation sites (tertiary alicyclic amines) is 1. The summed E-state index contributed by atoms with van der Waals surface area (Å²) < 4.78 is 105. The molecule has 284 valence electrons. The van der Waals surface area contributed by atoms with E-state index in [2.05, 4.69) is 44.8 Å². The van der Waals surface area contributed by atoms with Crippen molar-refractivity contribution in [3.63, 3.8) is 0 Å². The van der Waals surface area contributed by atoms with Crippen LogP contribution in [0.3, 0.4) is 0 Å². The lowest BCUT2D eigenvalue weighted by Crippen LogP contribution is -2.56. The van der Waals surface area contributed by atoms with Gasteiger partial charge in [-0.25, -0.2) is 19.4 Å². The molecular weight excluding hydrogens is 715 g/mol. The van der Waals surface area contributed by atoms with E-state index < -0.39 is 36.4 Å². The van der Waals surface area contributed by atoms with Crippen molar-refractivity contribution in [2.24, 2.45) is 7.05 Å². The van der Waals surface area contributed by atoms with E-state index in [-0.39, 0.29) is 5.54 Å². The van der Waals surface area contributed by atoms with Crippen molar-refractivity contribution in [2.45, 2.75) is 50.0 Å². The molecule has 51 heavy (non-hydrogen) atoms. The quantitative estimate of drug-likeness (QED) is 0.319. The third-order valence-electron chi connectivity index (χ3n) is 7.64. The van der Waals surface area contributed by atoms with Gasteiger partial charge in [-0.05, 0) is 37.6 Å². The average molecular weight is 749 g/mol. The fourth-order valence-electron chi connectivity index (χ4n) is 5.07. The molecule has 4 heterocycles. The van der Waals surface area contributed by atoms with E-state index in [4.69, 9.17) is 39.4 Å². The molecule has 5 rings (SSSR count). The number of hydrogen-bond donors (Lipinski definition) is 3. The van der Waals surface area contributed by atoms with Crippen LogP contribution in [0, 0.1) is 0 Å². The van der Waals surface area contributed by atoms with E-state index in [0.717, 1.165) is 56.9 Å². The highest BCUT2D eigenvalue weighted by molar-refractivity contribution is 5.73. The minimum atomic E-state index is -5.08. The van der Waals surface area contributed by atoms with E-state index in [0.29, 0.717) is 0 Å². The van der Waals surface area contributed by atoms with Gasteiger partial charge in [0, 0.05) is 51.5 Å². The molecule has 2 aliphatic heterocycles. The van der Waals surface area contributed by atoms with Gasteiger partial charge >= 0.3 is 36.4 Å². The van der Waals surface area contributed by atoms with Gasteiger partial charge in [0.1, 0.15) is 11.6 Å². The van der Waals surface area contributed by atoms with E-state index in [9.17, 15) is 39.5 Å². The van der Waals surface area contributed by atoms with Crippen molar-refractivity contribution < 1.29 is 74.0 Å². The Bertz CT molecular complexity index is 1550. The van der Waals surface area contributed by atoms with E-state index >= 15 is 0 Å². The van der Waals surface area contributed by atoms with Gasteiger partial charge in [-0.2, -0.15) is 44.6 Å². The molecule has 0 radical (unpaired) electrons. The number of halogens is 9. The molecule has 1 fully saturated rings. The van der Waals surface area contributed by atoms with Gasteiger partial charge < -0.3 is 24.6 Å². The van der Waals surface area contributed by atoms with Crippen LogP contribution < -0.4 is 4.74 Å². The molecule has 22 heteroatoms. The number of ether oxygens (including phenoxy) is 1. The fourth-order valence-corrected chi connectivity index (χ4v) is 5.07. The van der Waals surface area contributed by atoms with Crippen LogP contribution in [0.1, 0.15) is 24.2 Å². The van der Waals surface area contributed by atoms with Gasteiger partial charge in [0.05, 0.1) is 30.7 Å². The number of alkyl halides is 9. The number of methoxy groups -OCH3 is 1. The summed E-state index contributed by atoms with van der Waals surface area (Å²) in [5.74, 6) is -6.14. The first-order valence-corrected chi connectivity index (χ1v) is 14.4. The third kappa shape index (κ3) is 11.9. The molecule has 13 nitrogen and oxygen atoms in total. The molecule has 0 unspecified atom stereocenters. The van der Waals surface area contributed by atoms with Crippen molar-refractivity contribution in [1.29, 1.82) is 0 Å². The first kappa shape index (κ1) is 42.3. The maximum atomic E-state index is 10.6. The van der Waals surface area contributed by atoms with Crippen molar-refractivity contribution in [3.05, 3.63) is 54.2 Å². The minimum Gasteiger partial charge on any atom is -0.497 e. The van der Waals surface area contributed by atoms with Crippen molar-refractivity contribution >= 4 is 17.9 Å². The molecule has 1 aromatic carbocycles. The summed E-state index contributed by atoms with van der Waals surface area (Å²) in [4.78, 5) is 36.7. The van der Waals surface area contributed by atoms with Gasteiger partial charge in [-0.15, -0.1) is 0 Å². The maximum absolute atomic E-state index is 10.6. The van der Waals surface area contributed by atoms with Gasteiger partial charge in [-0.3, -0.25) is 14.5 Å². The molecule has 3 N–H and O–H groups in total. The monoisotopic (exact) mass is 748 g/mol. The summed E-state index contributed by atoms with van der Waals surface area (Å²) in [7, 11) is 5.94. The van der Waals surface area contributed by atoms with Crippen molar-refractivity contribution in [1.82, 2.24) is 29.1 Å². The summed E-state index contributed by atoms with van der Waals surface area (Å²) in [6.07, 6.45) is -7.00. The zero-order valence-electron chi connectivity index (χ0n) is 27.1. The Hall–Kier alpha value is -4.86. The lowest BCUT2D eigenvalue weighted by molar-refractivity contribution is -0.193. The van der Waals surface area contributed by atoms with Crippen LogP contribution in [0.4, 0.5) is 39.5 Å². The Morgan fingerprint density at radius 1 is 0.784 bits per heavy atom. The average Bonchev–Trinajstić information content (AvgIpc) is 3.66. The zero-order chi connectivity index (χ0) is 38.9. The SMILES string of the molecule is COc1ccc(CN2CCC3(CC2)c2ncc(-c4cnn(C)c4)n2CCN3C)cc1.O=C(O)C(F)(F)F.O=C(O)C(F)(F)F.O=C(O)C(F)(F)F. The van der Waals surface area contributed by atoms with E-state index in [1.165, 1.54) is 17.1 Å². The van der Waals surface area contributed by atoms with Crippen LogP contribution in [-0.4, -0.2) is 115 Å². The second-order valence-corrected chi connectivity index (χ2v) is 11.0. The Labute approximate surface area is 283 Å². The smallest absolute Gasteiger partial charge is 0.490 e. The number of piperidine rings is 1. The largest absolute Gasteiger partial charge is 0.497 e. The highest BCUT2D eigenvalue weighted by Crippen LogP contribution is 2.41. The second kappa shape index (κ2) is 16.9. The standard InChI is InChI=1S/C23H30N6O.3C2HF3O2/c1-26-12-13-29-21(19-14-25-27(2)17-19)15-24-22(29)23(26)8-10-28(11-9-23)16-18-4-6-20(30-3)7-5-18;3*3-2(4,5)1(6)7/h4-7,14-15,17H,8-13,16H2,1-3H3;3*(H,6,7). The van der Waals surface area contributed by atoms with Gasteiger partial charge in [0.15, 0.2) is 0 Å². The predicted molar refractivity (Wildman–Crippen MR) is 157 cm³/mol. The highest BCUT2D eigenvalue weighted by Gasteiger charge is 2.46. The maximum Gasteiger partial charge on any atom is 0.490 e. The number of aryl methyl sites for hydroxylation is 1. The number of hydrogen-bond acceptors (Lipinski definition) is 8. The topological polar surface area (TPSA) is 163 Å². The highest BCUT2D eigenvalue weighted by atomic mass is 19.4. The van der Waals surface area contributed by atoms with E-state index in [1.807, 2.05) is 36.3 Å². The number of aliphatic carboxylic acids is 3. The lowest BCUT2D eigenvalue weighted by Gasteiger charge is -2.49. The van der Waals surface area contributed by atoms with Crippen molar-refractivity contribution in [3.8, 4) is 17.0 Å². The fraction of sp³-hybridized carbons (Fsp3) is 0.483. The van der Waals surface area contributed by atoms with Crippen molar-refractivity contribution in [2.75, 3.05) is 33.8 Å². The molecule has 0 saturated carbocycles. The summed E-state index contributed by atoms with van der Waals surface area (Å²) in [6.45, 7) is 5.17. The number of imidazole rings is 1. The molecule has 1 spiro atoms. The Morgan fingerprint density at radius 3 is 1.65 bits per heavy atom. The molecular formula is C29H33F9N6O7. The third-order valence-corrected chi connectivity index (χ3v) is 7.64. The normalized spacial score (nSPS) is 15.9. The Morgan fingerprint density at radius 2 is 1.25 bits per heavy atom. The molecule has 2 aliphatic rings. The molecule has 3 aromatic rings. The van der Waals surface area contributed by atoms with Crippen LogP contribution in [0.15, 0.2) is 42.9 Å². The predicted octanol–water partition coefficient (Wildman–Crippen LogP) is 4.63. The number of rotatable bonds is 4. The molecule has 1 saturated heterocycles. The molecule has 2 aromatic heterocycles. The van der Waals surface area contributed by atoms with Gasteiger partial charge in [-0.1, -0.05) is 12.1 Å². The summed E-state index contributed by atoms with van der Waals surface area (Å²) in [5.41, 5.74) is 3.69. The number of carboxylic acid groups (broad SMARTS) is 3. The summed E-state index contributed by atoms with van der Waals surface area (Å²) >= 11 is 0. The number of carbonyl (C=O) groups is 3. The first-order chi connectivity index (χ1) is 23.4. The molecule has 0 atom stereocenters. The Balaban J connectivity index is 0.000000352. The molecule has 0 bridgehead atoms. The first-order valence-electron chi connectivity index (χ1n) is 14.4. The van der Waals surface area contributed by atoms with Crippen LogP contribution in [0.2, 0.25) is 0 Å². The number of nitrogens with zero attached hydrogens (tertiary/aromatic N) is 6. The summed E-state index contributed by atoms with van der Waals surface area (Å²) in [5, 5.41) is 25.7. The number of benzene rings is 1. The lowest BCUT2D eigenvalue weighted by atomic mass is 9.83. The summed E-state index contributed by atoms with van der Waals surface area (Å²) in [6, 6.07) is 8.44. The second-order valence-electron chi connectivity index (χ2n) is 11.0. The van der Waals surface area contributed by atoms with Crippen LogP contribution in [0.5, 0.6) is 5.75 Å². The minimum absolute atomic E-state index is 0.0229. The Kier molecular flexibility index (Phi) is 14.0. The van der Waals surface area contributed by atoms with Gasteiger partial charge in [0.25, 0.3) is 0 Å². The number of aromatic nitrogens is 4. The van der Waals surface area contributed by atoms with E-state index in [1.54, 1.807) is 7.11 Å². The number of likely N-dealkylation sites (N-methyl/N-ethyl adjacent to an activating group) is 1. The number of carboxylic acids is 3. The molecule has 0 aliphatic carbocycles. The number of fused-ring (bicyclic) bond motifs is 2.